The first-order valence-electron chi connectivity index (χ1n) is 7.42. The molecule has 7 nitrogen and oxygen atoms in total. The van der Waals surface area contributed by atoms with Crippen LogP contribution in [0, 0.1) is 11.8 Å². The minimum atomic E-state index is -0.866. The molecule has 1 fully saturated rings. The van der Waals surface area contributed by atoms with Gasteiger partial charge in [0.25, 0.3) is 0 Å². The molecule has 1 amide bonds. The Morgan fingerprint density at radius 1 is 1.48 bits per heavy atom. The van der Waals surface area contributed by atoms with E-state index in [1.54, 1.807) is 6.92 Å². The summed E-state index contributed by atoms with van der Waals surface area (Å²) in [5.41, 5.74) is 0. The molecule has 2 rings (SSSR count). The van der Waals surface area contributed by atoms with Gasteiger partial charge in [-0.1, -0.05) is 13.8 Å². The number of aliphatic imine (C=N–C) groups is 1. The lowest BCUT2D eigenvalue weighted by atomic mass is 9.89. The van der Waals surface area contributed by atoms with Crippen LogP contribution in [0.3, 0.4) is 0 Å². The third-order valence-corrected chi connectivity index (χ3v) is 3.66. The highest BCUT2D eigenvalue weighted by Crippen LogP contribution is 2.23. The molecule has 0 bridgehead atoms. The van der Waals surface area contributed by atoms with Gasteiger partial charge >= 0.3 is 5.97 Å². The van der Waals surface area contributed by atoms with E-state index in [0.717, 1.165) is 0 Å². The van der Waals surface area contributed by atoms with Crippen molar-refractivity contribution in [3.63, 3.8) is 0 Å². The Balaban J connectivity index is 2.21. The number of ether oxygens (including phenoxy) is 2. The van der Waals surface area contributed by atoms with Crippen molar-refractivity contribution in [1.82, 2.24) is 10.2 Å². The molecular formula is C14H23N3O4. The lowest BCUT2D eigenvalue weighted by Crippen LogP contribution is -2.57. The molecule has 0 saturated carbocycles. The maximum atomic E-state index is 12.3. The van der Waals surface area contributed by atoms with Crippen LogP contribution in [0.1, 0.15) is 20.8 Å². The van der Waals surface area contributed by atoms with Gasteiger partial charge in [0, 0.05) is 13.1 Å². The summed E-state index contributed by atoms with van der Waals surface area (Å²) in [7, 11) is 0. The molecule has 0 aromatic carbocycles. The van der Waals surface area contributed by atoms with Crippen LogP contribution in [-0.2, 0) is 19.1 Å². The summed E-state index contributed by atoms with van der Waals surface area (Å²) in [6.07, 6.45) is 0. The summed E-state index contributed by atoms with van der Waals surface area (Å²) in [5.74, 6) is -1.08. The Bertz CT molecular complexity index is 430. The second kappa shape index (κ2) is 6.89. The van der Waals surface area contributed by atoms with E-state index in [-0.39, 0.29) is 18.4 Å². The van der Waals surface area contributed by atoms with Crippen molar-refractivity contribution >= 4 is 17.8 Å². The van der Waals surface area contributed by atoms with Crippen molar-refractivity contribution in [1.29, 1.82) is 0 Å². The van der Waals surface area contributed by atoms with Gasteiger partial charge in [-0.05, 0) is 12.8 Å². The average molecular weight is 297 g/mol. The lowest BCUT2D eigenvalue weighted by Gasteiger charge is -2.36. The van der Waals surface area contributed by atoms with Gasteiger partial charge in [-0.25, -0.2) is 4.99 Å². The number of morpholine rings is 1. The van der Waals surface area contributed by atoms with Crippen LogP contribution in [-0.4, -0.2) is 61.7 Å². The Kier molecular flexibility index (Phi) is 5.17. The molecule has 1 saturated heterocycles. The zero-order chi connectivity index (χ0) is 15.4. The fraction of sp³-hybridized carbons (Fsp3) is 0.786. The first kappa shape index (κ1) is 15.8. The van der Waals surface area contributed by atoms with Crippen molar-refractivity contribution in [2.24, 2.45) is 16.8 Å². The fourth-order valence-electron chi connectivity index (χ4n) is 2.54. The van der Waals surface area contributed by atoms with E-state index in [0.29, 0.717) is 32.3 Å². The molecule has 2 aliphatic heterocycles. The molecular weight excluding hydrogens is 274 g/mol. The Morgan fingerprint density at radius 2 is 2.14 bits per heavy atom. The molecule has 7 heteroatoms. The van der Waals surface area contributed by atoms with Crippen LogP contribution in [0.5, 0.6) is 0 Å². The highest BCUT2D eigenvalue weighted by atomic mass is 16.5. The molecule has 0 aliphatic carbocycles. The van der Waals surface area contributed by atoms with E-state index in [1.807, 2.05) is 18.7 Å². The van der Waals surface area contributed by atoms with Crippen LogP contribution in [0.4, 0.5) is 0 Å². The monoisotopic (exact) mass is 297 g/mol. The number of hydrogen-bond donors (Lipinski definition) is 1. The van der Waals surface area contributed by atoms with Crippen molar-refractivity contribution in [3.8, 4) is 0 Å². The van der Waals surface area contributed by atoms with E-state index in [1.165, 1.54) is 0 Å². The van der Waals surface area contributed by atoms with E-state index in [4.69, 9.17) is 9.47 Å². The highest BCUT2D eigenvalue weighted by molar-refractivity contribution is 6.08. The van der Waals surface area contributed by atoms with E-state index < -0.39 is 17.9 Å². The van der Waals surface area contributed by atoms with Gasteiger partial charge in [-0.2, -0.15) is 0 Å². The Labute approximate surface area is 124 Å². The largest absolute Gasteiger partial charge is 0.465 e. The second-order valence-corrected chi connectivity index (χ2v) is 5.51. The summed E-state index contributed by atoms with van der Waals surface area (Å²) in [6, 6.07) is -0.393. The predicted octanol–water partition coefficient (Wildman–Crippen LogP) is 0.00830. The van der Waals surface area contributed by atoms with Gasteiger partial charge < -0.3 is 14.4 Å². The van der Waals surface area contributed by atoms with Crippen molar-refractivity contribution in [2.75, 3.05) is 32.9 Å². The number of hydrogen-bond acceptors (Lipinski definition) is 6. The van der Waals surface area contributed by atoms with Gasteiger partial charge in [-0.3, -0.25) is 14.9 Å². The summed E-state index contributed by atoms with van der Waals surface area (Å²) < 4.78 is 10.3. The number of nitrogens with one attached hydrogen (secondary N) is 1. The molecule has 21 heavy (non-hydrogen) atoms. The summed E-state index contributed by atoms with van der Waals surface area (Å²) in [6.45, 7) is 8.50. The number of nitrogens with zero attached hydrogens (tertiary/aromatic N) is 2. The third kappa shape index (κ3) is 3.53. The third-order valence-electron chi connectivity index (χ3n) is 3.66. The van der Waals surface area contributed by atoms with Crippen LogP contribution in [0.15, 0.2) is 4.99 Å². The molecule has 0 spiro atoms. The van der Waals surface area contributed by atoms with Crippen LogP contribution >= 0.6 is 0 Å². The molecule has 0 radical (unpaired) electrons. The predicted molar refractivity (Wildman–Crippen MR) is 76.7 cm³/mol. The molecule has 2 aliphatic rings. The first-order chi connectivity index (χ1) is 10.0. The topological polar surface area (TPSA) is 80.2 Å². The van der Waals surface area contributed by atoms with E-state index in [9.17, 15) is 9.59 Å². The van der Waals surface area contributed by atoms with Gasteiger partial charge in [-0.15, -0.1) is 0 Å². The Morgan fingerprint density at radius 3 is 2.71 bits per heavy atom. The zero-order valence-electron chi connectivity index (χ0n) is 12.8. The molecule has 0 unspecified atom stereocenters. The minimum Gasteiger partial charge on any atom is -0.465 e. The number of esters is 1. The van der Waals surface area contributed by atoms with Crippen molar-refractivity contribution in [3.05, 3.63) is 0 Å². The molecule has 2 atom stereocenters. The quantitative estimate of drug-likeness (QED) is 0.586. The number of carbonyl (C=O) groups is 2. The molecule has 1 N–H and O–H groups in total. The van der Waals surface area contributed by atoms with Crippen LogP contribution in [0.2, 0.25) is 0 Å². The van der Waals surface area contributed by atoms with Crippen molar-refractivity contribution < 1.29 is 19.1 Å². The van der Waals surface area contributed by atoms with Gasteiger partial charge in [0.1, 0.15) is 0 Å². The molecule has 0 aromatic heterocycles. The molecule has 0 aromatic rings. The van der Waals surface area contributed by atoms with Gasteiger partial charge in [0.2, 0.25) is 11.9 Å². The number of amides is 1. The normalized spacial score (nSPS) is 26.4. The number of rotatable bonds is 3. The van der Waals surface area contributed by atoms with E-state index >= 15 is 0 Å². The fourth-order valence-corrected chi connectivity index (χ4v) is 2.54. The first-order valence-corrected chi connectivity index (χ1v) is 7.42. The second-order valence-electron chi connectivity index (χ2n) is 5.51. The van der Waals surface area contributed by atoms with Crippen LogP contribution < -0.4 is 5.32 Å². The Hall–Kier alpha value is -1.63. The molecule has 2 heterocycles. The smallest absolute Gasteiger partial charge is 0.320 e. The van der Waals surface area contributed by atoms with E-state index in [2.05, 4.69) is 10.3 Å². The summed E-state index contributed by atoms with van der Waals surface area (Å²) >= 11 is 0. The zero-order valence-corrected chi connectivity index (χ0v) is 12.8. The standard InChI is InChI=1S/C14H23N3O4/c1-4-21-13(19)10-11(9(2)3)15-14(16-12(10)18)17-5-7-20-8-6-17/h9-11H,4-8H2,1-3H3,(H,15,16,18)/t10-,11-/m1/s1. The average Bonchev–Trinajstić information content (AvgIpc) is 2.47. The van der Waals surface area contributed by atoms with Gasteiger partial charge in [0.05, 0.1) is 25.9 Å². The van der Waals surface area contributed by atoms with Crippen molar-refractivity contribution in [2.45, 2.75) is 26.8 Å². The maximum Gasteiger partial charge on any atom is 0.320 e. The SMILES string of the molecule is CCOC(=O)[C@H]1C(=O)NC(N2CCOCC2)=N[C@@H]1C(C)C. The van der Waals surface area contributed by atoms with Gasteiger partial charge in [0.15, 0.2) is 5.92 Å². The highest BCUT2D eigenvalue weighted by Gasteiger charge is 2.42. The summed E-state index contributed by atoms with van der Waals surface area (Å²) in [4.78, 5) is 30.9. The van der Waals surface area contributed by atoms with Crippen LogP contribution in [0.25, 0.3) is 0 Å². The lowest BCUT2D eigenvalue weighted by molar-refractivity contribution is -0.153. The molecule has 118 valence electrons. The number of guanidine groups is 1. The number of carbonyl (C=O) groups excluding carboxylic acids is 2. The minimum absolute atomic E-state index is 0.0708. The maximum absolute atomic E-state index is 12.3. The summed E-state index contributed by atoms with van der Waals surface area (Å²) in [5, 5.41) is 2.74.